The standard InChI is InChI=1S/C13H20FN/c1-10-6-7-12(13(2,3)14)9-11(10)5-4-8-15/h6-7,9H,4-5,8,15H2,1-3H3. The Morgan fingerprint density at radius 3 is 2.53 bits per heavy atom. The van der Waals surface area contributed by atoms with Crippen molar-refractivity contribution in [2.45, 2.75) is 39.3 Å². The summed E-state index contributed by atoms with van der Waals surface area (Å²) in [4.78, 5) is 0. The van der Waals surface area contributed by atoms with E-state index in [2.05, 4.69) is 6.92 Å². The maximum atomic E-state index is 13.7. The molecule has 0 aliphatic carbocycles. The predicted octanol–water partition coefficient (Wildman–Crippen LogP) is 3.09. The van der Waals surface area contributed by atoms with E-state index in [9.17, 15) is 4.39 Å². The van der Waals surface area contributed by atoms with Crippen molar-refractivity contribution in [2.24, 2.45) is 5.73 Å². The lowest BCUT2D eigenvalue weighted by atomic mass is 9.94. The minimum atomic E-state index is -1.26. The molecular weight excluding hydrogens is 189 g/mol. The first kappa shape index (κ1) is 12.2. The van der Waals surface area contributed by atoms with Crippen molar-refractivity contribution >= 4 is 0 Å². The zero-order valence-corrected chi connectivity index (χ0v) is 9.81. The molecule has 15 heavy (non-hydrogen) atoms. The molecule has 0 aliphatic rings. The Kier molecular flexibility index (Phi) is 3.86. The fourth-order valence-electron chi connectivity index (χ4n) is 1.60. The summed E-state index contributed by atoms with van der Waals surface area (Å²) in [6.45, 7) is 5.91. The molecule has 0 bridgehead atoms. The molecule has 0 spiro atoms. The van der Waals surface area contributed by atoms with E-state index in [0.717, 1.165) is 18.4 Å². The molecular formula is C13H20FN. The van der Waals surface area contributed by atoms with Crippen LogP contribution in [0.4, 0.5) is 4.39 Å². The van der Waals surface area contributed by atoms with Gasteiger partial charge < -0.3 is 5.73 Å². The first-order valence-electron chi connectivity index (χ1n) is 5.44. The lowest BCUT2D eigenvalue weighted by Gasteiger charge is -2.17. The van der Waals surface area contributed by atoms with E-state index < -0.39 is 5.67 Å². The highest BCUT2D eigenvalue weighted by atomic mass is 19.1. The molecule has 1 aromatic rings. The predicted molar refractivity (Wildman–Crippen MR) is 62.7 cm³/mol. The zero-order chi connectivity index (χ0) is 11.5. The van der Waals surface area contributed by atoms with Gasteiger partial charge in [-0.05, 0) is 56.8 Å². The molecule has 0 fully saturated rings. The Bertz CT molecular complexity index is 326. The number of hydrogen-bond donors (Lipinski definition) is 1. The highest BCUT2D eigenvalue weighted by Crippen LogP contribution is 2.26. The highest BCUT2D eigenvalue weighted by molar-refractivity contribution is 5.33. The summed E-state index contributed by atoms with van der Waals surface area (Å²) in [5.74, 6) is 0. The summed E-state index contributed by atoms with van der Waals surface area (Å²) in [6, 6.07) is 5.81. The van der Waals surface area contributed by atoms with Gasteiger partial charge in [-0.3, -0.25) is 0 Å². The van der Waals surface area contributed by atoms with Gasteiger partial charge in [-0.1, -0.05) is 18.2 Å². The van der Waals surface area contributed by atoms with Gasteiger partial charge in [0.25, 0.3) is 0 Å². The molecule has 0 radical (unpaired) electrons. The SMILES string of the molecule is Cc1ccc(C(C)(C)F)cc1CCCN. The van der Waals surface area contributed by atoms with Gasteiger partial charge in [-0.15, -0.1) is 0 Å². The van der Waals surface area contributed by atoms with Crippen molar-refractivity contribution in [3.05, 3.63) is 34.9 Å². The van der Waals surface area contributed by atoms with Gasteiger partial charge in [-0.25, -0.2) is 4.39 Å². The van der Waals surface area contributed by atoms with Crippen molar-refractivity contribution < 1.29 is 4.39 Å². The first-order chi connectivity index (χ1) is 6.95. The fourth-order valence-corrected chi connectivity index (χ4v) is 1.60. The summed E-state index contributed by atoms with van der Waals surface area (Å²) in [5, 5.41) is 0. The van der Waals surface area contributed by atoms with E-state index >= 15 is 0 Å². The second kappa shape index (κ2) is 4.75. The van der Waals surface area contributed by atoms with Crippen LogP contribution in [0.25, 0.3) is 0 Å². The molecule has 84 valence electrons. The second-order valence-corrected chi connectivity index (χ2v) is 4.51. The van der Waals surface area contributed by atoms with E-state index in [1.165, 1.54) is 11.1 Å². The number of hydrogen-bond acceptors (Lipinski definition) is 1. The summed E-state index contributed by atoms with van der Waals surface area (Å²) in [7, 11) is 0. The summed E-state index contributed by atoms with van der Waals surface area (Å²) in [5.41, 5.74) is 7.40. The van der Waals surface area contributed by atoms with Crippen LogP contribution in [-0.4, -0.2) is 6.54 Å². The van der Waals surface area contributed by atoms with Crippen molar-refractivity contribution in [3.8, 4) is 0 Å². The van der Waals surface area contributed by atoms with Gasteiger partial charge in [0.05, 0.1) is 0 Å². The lowest BCUT2D eigenvalue weighted by Crippen LogP contribution is -2.10. The summed E-state index contributed by atoms with van der Waals surface area (Å²) in [6.07, 6.45) is 1.89. The van der Waals surface area contributed by atoms with Crippen LogP contribution in [0.5, 0.6) is 0 Å². The average Bonchev–Trinajstić information content (AvgIpc) is 2.15. The molecule has 2 N–H and O–H groups in total. The van der Waals surface area contributed by atoms with E-state index in [0.29, 0.717) is 6.54 Å². The van der Waals surface area contributed by atoms with E-state index in [1.807, 2.05) is 18.2 Å². The van der Waals surface area contributed by atoms with Crippen LogP contribution in [0.2, 0.25) is 0 Å². The number of aryl methyl sites for hydroxylation is 2. The van der Waals surface area contributed by atoms with Crippen LogP contribution in [-0.2, 0) is 12.1 Å². The van der Waals surface area contributed by atoms with Crippen LogP contribution >= 0.6 is 0 Å². The van der Waals surface area contributed by atoms with Gasteiger partial charge in [0.15, 0.2) is 0 Å². The minimum Gasteiger partial charge on any atom is -0.330 e. The summed E-state index contributed by atoms with van der Waals surface area (Å²) < 4.78 is 13.7. The quantitative estimate of drug-likeness (QED) is 0.810. The van der Waals surface area contributed by atoms with E-state index in [1.54, 1.807) is 13.8 Å². The number of halogens is 1. The van der Waals surface area contributed by atoms with Crippen LogP contribution in [0, 0.1) is 6.92 Å². The van der Waals surface area contributed by atoms with E-state index in [4.69, 9.17) is 5.73 Å². The third kappa shape index (κ3) is 3.31. The number of rotatable bonds is 4. The molecule has 1 aromatic carbocycles. The molecule has 0 heterocycles. The maximum Gasteiger partial charge on any atom is 0.130 e. The van der Waals surface area contributed by atoms with Gasteiger partial charge >= 0.3 is 0 Å². The number of nitrogens with two attached hydrogens (primary N) is 1. The van der Waals surface area contributed by atoms with Gasteiger partial charge in [0.2, 0.25) is 0 Å². The normalized spacial score (nSPS) is 11.8. The second-order valence-electron chi connectivity index (χ2n) is 4.51. The Balaban J connectivity index is 2.95. The third-order valence-electron chi connectivity index (χ3n) is 2.69. The van der Waals surface area contributed by atoms with Crippen molar-refractivity contribution in [3.63, 3.8) is 0 Å². The molecule has 0 amide bonds. The topological polar surface area (TPSA) is 26.0 Å². The molecule has 1 nitrogen and oxygen atoms in total. The zero-order valence-electron chi connectivity index (χ0n) is 9.81. The summed E-state index contributed by atoms with van der Waals surface area (Å²) >= 11 is 0. The monoisotopic (exact) mass is 209 g/mol. The molecule has 0 saturated carbocycles. The highest BCUT2D eigenvalue weighted by Gasteiger charge is 2.19. The number of alkyl halides is 1. The molecule has 0 unspecified atom stereocenters. The molecule has 0 aromatic heterocycles. The molecule has 1 rings (SSSR count). The largest absolute Gasteiger partial charge is 0.330 e. The van der Waals surface area contributed by atoms with Crippen LogP contribution < -0.4 is 5.73 Å². The van der Waals surface area contributed by atoms with Crippen LogP contribution in [0.15, 0.2) is 18.2 Å². The van der Waals surface area contributed by atoms with Crippen LogP contribution in [0.1, 0.15) is 37.0 Å². The van der Waals surface area contributed by atoms with Gasteiger partial charge in [-0.2, -0.15) is 0 Å². The molecule has 0 aliphatic heterocycles. The molecule has 2 heteroatoms. The first-order valence-corrected chi connectivity index (χ1v) is 5.44. The Morgan fingerprint density at radius 1 is 1.33 bits per heavy atom. The van der Waals surface area contributed by atoms with E-state index in [-0.39, 0.29) is 0 Å². The van der Waals surface area contributed by atoms with Crippen LogP contribution in [0.3, 0.4) is 0 Å². The van der Waals surface area contributed by atoms with Crippen molar-refractivity contribution in [2.75, 3.05) is 6.54 Å². The maximum absolute atomic E-state index is 13.7. The van der Waals surface area contributed by atoms with Gasteiger partial charge in [0, 0.05) is 0 Å². The Morgan fingerprint density at radius 2 is 2.00 bits per heavy atom. The minimum absolute atomic E-state index is 0.683. The van der Waals surface area contributed by atoms with Gasteiger partial charge in [0.1, 0.15) is 5.67 Å². The Hall–Kier alpha value is -0.890. The third-order valence-corrected chi connectivity index (χ3v) is 2.69. The number of benzene rings is 1. The van der Waals surface area contributed by atoms with Crippen molar-refractivity contribution in [1.29, 1.82) is 0 Å². The molecule has 0 atom stereocenters. The average molecular weight is 209 g/mol. The van der Waals surface area contributed by atoms with Crippen molar-refractivity contribution in [1.82, 2.24) is 0 Å². The molecule has 0 saturated heterocycles. The fraction of sp³-hybridized carbons (Fsp3) is 0.538. The lowest BCUT2D eigenvalue weighted by molar-refractivity contribution is 0.221. The Labute approximate surface area is 91.5 Å². The smallest absolute Gasteiger partial charge is 0.130 e.